The van der Waals surface area contributed by atoms with Gasteiger partial charge in [0, 0.05) is 23.6 Å². The Bertz CT molecular complexity index is 628. The summed E-state index contributed by atoms with van der Waals surface area (Å²) >= 11 is 0. The maximum absolute atomic E-state index is 10.9. The quantitative estimate of drug-likeness (QED) is 0.850. The molecule has 0 fully saturated rings. The van der Waals surface area contributed by atoms with Crippen molar-refractivity contribution in [2.75, 3.05) is 6.54 Å². The average Bonchev–Trinajstić information content (AvgIpc) is 2.82. The number of rotatable bonds is 2. The van der Waals surface area contributed by atoms with Gasteiger partial charge in [0.05, 0.1) is 11.6 Å². The zero-order valence-corrected chi connectivity index (χ0v) is 9.84. The molecule has 0 saturated carbocycles. The summed E-state index contributed by atoms with van der Waals surface area (Å²) in [6.45, 7) is 0.966. The largest absolute Gasteiger partial charge is 0.478 e. The molecule has 3 rings (SSSR count). The number of benzene rings is 1. The highest BCUT2D eigenvalue weighted by atomic mass is 16.4. The van der Waals surface area contributed by atoms with E-state index in [1.54, 1.807) is 12.1 Å². The van der Waals surface area contributed by atoms with E-state index >= 15 is 0 Å². The third-order valence-electron chi connectivity index (χ3n) is 3.35. The lowest BCUT2D eigenvalue weighted by atomic mass is 10.1. The fourth-order valence-electron chi connectivity index (χ4n) is 2.41. The highest BCUT2D eigenvalue weighted by Gasteiger charge is 2.13. The van der Waals surface area contributed by atoms with Gasteiger partial charge in [-0.1, -0.05) is 0 Å². The van der Waals surface area contributed by atoms with Crippen molar-refractivity contribution in [3.05, 3.63) is 48.3 Å². The van der Waals surface area contributed by atoms with Crippen LogP contribution in [0.5, 0.6) is 0 Å². The molecule has 1 aliphatic rings. The van der Waals surface area contributed by atoms with E-state index in [0.717, 1.165) is 23.9 Å². The SMILES string of the molecule is O=C(O)c1ccc2c(ccn2C2C=CNCC2)c1. The molecule has 1 aromatic heterocycles. The van der Waals surface area contributed by atoms with Crippen LogP contribution in [-0.4, -0.2) is 22.2 Å². The van der Waals surface area contributed by atoms with Crippen molar-refractivity contribution in [3.8, 4) is 0 Å². The van der Waals surface area contributed by atoms with Crippen molar-refractivity contribution in [2.45, 2.75) is 12.5 Å². The fourth-order valence-corrected chi connectivity index (χ4v) is 2.41. The number of carboxylic acids is 1. The molecule has 4 heteroatoms. The highest BCUT2D eigenvalue weighted by Crippen LogP contribution is 2.25. The second-order valence-corrected chi connectivity index (χ2v) is 4.47. The van der Waals surface area contributed by atoms with E-state index in [9.17, 15) is 4.79 Å². The van der Waals surface area contributed by atoms with Gasteiger partial charge in [-0.15, -0.1) is 0 Å². The predicted molar refractivity (Wildman–Crippen MR) is 69.7 cm³/mol. The monoisotopic (exact) mass is 242 g/mol. The van der Waals surface area contributed by atoms with Crippen molar-refractivity contribution in [1.29, 1.82) is 0 Å². The topological polar surface area (TPSA) is 54.3 Å². The van der Waals surface area contributed by atoms with Crippen LogP contribution in [0.25, 0.3) is 10.9 Å². The molecule has 0 bridgehead atoms. The van der Waals surface area contributed by atoms with E-state index in [1.165, 1.54) is 0 Å². The predicted octanol–water partition coefficient (Wildman–Crippen LogP) is 2.39. The first-order valence-corrected chi connectivity index (χ1v) is 5.99. The maximum Gasteiger partial charge on any atom is 0.335 e. The Labute approximate surface area is 105 Å². The maximum atomic E-state index is 10.9. The van der Waals surface area contributed by atoms with Crippen LogP contribution in [0.3, 0.4) is 0 Å². The molecule has 0 amide bonds. The summed E-state index contributed by atoms with van der Waals surface area (Å²) in [4.78, 5) is 10.9. The molecule has 1 unspecified atom stereocenters. The molecular formula is C14H14N2O2. The number of hydrogen-bond donors (Lipinski definition) is 2. The molecule has 0 spiro atoms. The first kappa shape index (κ1) is 10.9. The molecule has 2 N–H and O–H groups in total. The summed E-state index contributed by atoms with van der Waals surface area (Å²) in [7, 11) is 0. The normalized spacial score (nSPS) is 18.8. The Balaban J connectivity index is 2.06. The van der Waals surface area contributed by atoms with Gasteiger partial charge in [0.15, 0.2) is 0 Å². The Hall–Kier alpha value is -2.23. The summed E-state index contributed by atoms with van der Waals surface area (Å²) in [5.74, 6) is -0.883. The molecule has 18 heavy (non-hydrogen) atoms. The minimum Gasteiger partial charge on any atom is -0.478 e. The van der Waals surface area contributed by atoms with Gasteiger partial charge in [-0.05, 0) is 43.0 Å². The lowest BCUT2D eigenvalue weighted by molar-refractivity contribution is 0.0697. The number of aromatic carboxylic acids is 1. The molecule has 0 aliphatic carbocycles. The lowest BCUT2D eigenvalue weighted by Crippen LogP contribution is -2.19. The number of hydrogen-bond acceptors (Lipinski definition) is 2. The highest BCUT2D eigenvalue weighted by molar-refractivity contribution is 5.93. The zero-order valence-electron chi connectivity index (χ0n) is 9.84. The first-order chi connectivity index (χ1) is 8.75. The van der Waals surface area contributed by atoms with E-state index in [1.807, 2.05) is 24.5 Å². The van der Waals surface area contributed by atoms with Crippen LogP contribution in [-0.2, 0) is 0 Å². The summed E-state index contributed by atoms with van der Waals surface area (Å²) in [5.41, 5.74) is 1.41. The van der Waals surface area contributed by atoms with Gasteiger partial charge in [-0.2, -0.15) is 0 Å². The van der Waals surface area contributed by atoms with Gasteiger partial charge >= 0.3 is 5.97 Å². The third-order valence-corrected chi connectivity index (χ3v) is 3.35. The van der Waals surface area contributed by atoms with Crippen LogP contribution in [0.4, 0.5) is 0 Å². The molecule has 4 nitrogen and oxygen atoms in total. The first-order valence-electron chi connectivity index (χ1n) is 5.99. The van der Waals surface area contributed by atoms with Crippen LogP contribution in [0, 0.1) is 0 Å². The summed E-state index contributed by atoms with van der Waals surface area (Å²) in [5, 5.41) is 13.1. The average molecular weight is 242 g/mol. The van der Waals surface area contributed by atoms with Crippen molar-refractivity contribution < 1.29 is 9.90 Å². The van der Waals surface area contributed by atoms with Crippen molar-refractivity contribution >= 4 is 16.9 Å². The van der Waals surface area contributed by atoms with Crippen LogP contribution in [0.15, 0.2) is 42.7 Å². The molecule has 2 aromatic rings. The molecule has 1 atom stereocenters. The van der Waals surface area contributed by atoms with Crippen molar-refractivity contribution in [1.82, 2.24) is 9.88 Å². The number of carbonyl (C=O) groups is 1. The summed E-state index contributed by atoms with van der Waals surface area (Å²) < 4.78 is 2.19. The van der Waals surface area contributed by atoms with Crippen LogP contribution in [0.1, 0.15) is 22.8 Å². The molecule has 1 aliphatic heterocycles. The number of nitrogens with one attached hydrogen (secondary N) is 1. The Morgan fingerprint density at radius 2 is 2.28 bits per heavy atom. The van der Waals surface area contributed by atoms with Gasteiger partial charge in [0.1, 0.15) is 0 Å². The van der Waals surface area contributed by atoms with Crippen LogP contribution < -0.4 is 5.32 Å². The lowest BCUT2D eigenvalue weighted by Gasteiger charge is -2.20. The number of aromatic nitrogens is 1. The van der Waals surface area contributed by atoms with Crippen molar-refractivity contribution in [2.24, 2.45) is 0 Å². The number of nitrogens with zero attached hydrogens (tertiary/aromatic N) is 1. The molecule has 92 valence electrons. The molecule has 0 radical (unpaired) electrons. The molecular weight excluding hydrogens is 228 g/mol. The second kappa shape index (κ2) is 4.22. The van der Waals surface area contributed by atoms with E-state index < -0.39 is 5.97 Å². The second-order valence-electron chi connectivity index (χ2n) is 4.47. The molecule has 0 saturated heterocycles. The smallest absolute Gasteiger partial charge is 0.335 e. The molecule has 2 heterocycles. The van der Waals surface area contributed by atoms with Gasteiger partial charge in [0.2, 0.25) is 0 Å². The summed E-state index contributed by atoms with van der Waals surface area (Å²) in [6, 6.07) is 7.58. The van der Waals surface area contributed by atoms with E-state index in [0.29, 0.717) is 11.6 Å². The van der Waals surface area contributed by atoms with E-state index in [2.05, 4.69) is 16.0 Å². The zero-order chi connectivity index (χ0) is 12.5. The number of allylic oxidation sites excluding steroid dienone is 1. The Morgan fingerprint density at radius 1 is 1.39 bits per heavy atom. The van der Waals surface area contributed by atoms with Crippen molar-refractivity contribution in [3.63, 3.8) is 0 Å². The van der Waals surface area contributed by atoms with Gasteiger partial charge in [-0.25, -0.2) is 4.79 Å². The van der Waals surface area contributed by atoms with E-state index in [4.69, 9.17) is 5.11 Å². The Kier molecular flexibility index (Phi) is 2.55. The number of fused-ring (bicyclic) bond motifs is 1. The standard InChI is InChI=1S/C14H14N2O2/c17-14(18)11-1-2-13-10(9-11)5-8-16(13)12-3-6-15-7-4-12/h1-3,5-6,8-9,12,15H,4,7H2,(H,17,18). The molecule has 1 aromatic carbocycles. The minimum absolute atomic E-state index is 0.334. The van der Waals surface area contributed by atoms with Gasteiger partial charge < -0.3 is 15.0 Å². The fraction of sp³-hybridized carbons (Fsp3) is 0.214. The van der Waals surface area contributed by atoms with E-state index in [-0.39, 0.29) is 0 Å². The van der Waals surface area contributed by atoms with Gasteiger partial charge in [0.25, 0.3) is 0 Å². The Morgan fingerprint density at radius 3 is 3.00 bits per heavy atom. The summed E-state index contributed by atoms with van der Waals surface area (Å²) in [6.07, 6.45) is 7.18. The van der Waals surface area contributed by atoms with Gasteiger partial charge in [-0.3, -0.25) is 0 Å². The van der Waals surface area contributed by atoms with Crippen LogP contribution >= 0.6 is 0 Å². The van der Waals surface area contributed by atoms with Crippen LogP contribution in [0.2, 0.25) is 0 Å². The number of carboxylic acid groups (broad SMARTS) is 1. The minimum atomic E-state index is -0.883. The third kappa shape index (κ3) is 1.76.